The van der Waals surface area contributed by atoms with E-state index in [1.54, 1.807) is 17.6 Å². The quantitative estimate of drug-likeness (QED) is 0.791. The van der Waals surface area contributed by atoms with Gasteiger partial charge in [-0.2, -0.15) is 11.3 Å². The third-order valence-corrected chi connectivity index (χ3v) is 6.55. The van der Waals surface area contributed by atoms with E-state index in [1.807, 2.05) is 33.9 Å². The van der Waals surface area contributed by atoms with Crippen LogP contribution >= 0.6 is 11.3 Å². The summed E-state index contributed by atoms with van der Waals surface area (Å²) in [5, 5.41) is 8.32. The Balaban J connectivity index is 1.19. The molecular formula is C20H24N4O3S. The van der Waals surface area contributed by atoms with Gasteiger partial charge in [-0.3, -0.25) is 9.69 Å². The maximum atomic E-state index is 12.6. The molecule has 2 aromatic heterocycles. The monoisotopic (exact) mass is 400 g/mol. The smallest absolute Gasteiger partial charge is 0.254 e. The largest absolute Gasteiger partial charge is 0.468 e. The van der Waals surface area contributed by atoms with Crippen molar-refractivity contribution in [3.05, 3.63) is 46.5 Å². The van der Waals surface area contributed by atoms with Gasteiger partial charge in [-0.15, -0.1) is 0 Å². The number of hydrogen-bond donors (Lipinski definition) is 0. The molecule has 5 rings (SSSR count). The molecule has 28 heavy (non-hydrogen) atoms. The minimum Gasteiger partial charge on any atom is -0.468 e. The highest BCUT2D eigenvalue weighted by Gasteiger charge is 2.42. The van der Waals surface area contributed by atoms with Crippen LogP contribution in [-0.2, 0) is 11.4 Å². The highest BCUT2D eigenvalue weighted by molar-refractivity contribution is 7.08. The number of furan rings is 1. The lowest BCUT2D eigenvalue weighted by molar-refractivity contribution is 0.0105. The van der Waals surface area contributed by atoms with Crippen LogP contribution < -0.4 is 0 Å². The van der Waals surface area contributed by atoms with Crippen molar-refractivity contribution in [2.24, 2.45) is 11.1 Å². The third kappa shape index (κ3) is 3.42. The molecule has 0 aromatic carbocycles. The number of hydrogen-bond acceptors (Lipinski definition) is 7. The summed E-state index contributed by atoms with van der Waals surface area (Å²) >= 11 is 1.56. The first-order valence-corrected chi connectivity index (χ1v) is 10.8. The molecular weight excluding hydrogens is 376 g/mol. The highest BCUT2D eigenvalue weighted by Crippen LogP contribution is 2.30. The van der Waals surface area contributed by atoms with Crippen molar-refractivity contribution in [2.75, 3.05) is 39.3 Å². The number of amides is 1. The zero-order valence-electron chi connectivity index (χ0n) is 15.7. The van der Waals surface area contributed by atoms with E-state index in [2.05, 4.69) is 15.0 Å². The molecule has 2 atom stereocenters. The number of thiophene rings is 1. The third-order valence-electron chi connectivity index (χ3n) is 5.87. The van der Waals surface area contributed by atoms with E-state index >= 15 is 0 Å². The Kier molecular flexibility index (Phi) is 4.82. The van der Waals surface area contributed by atoms with Crippen LogP contribution in [0.5, 0.6) is 0 Å². The van der Waals surface area contributed by atoms with Crippen molar-refractivity contribution >= 4 is 23.1 Å². The number of carbonyl (C=O) groups is 1. The lowest BCUT2D eigenvalue weighted by Gasteiger charge is -2.39. The van der Waals surface area contributed by atoms with Crippen LogP contribution in [0.25, 0.3) is 0 Å². The minimum atomic E-state index is 0.130. The van der Waals surface area contributed by atoms with Gasteiger partial charge in [0.1, 0.15) is 11.9 Å². The van der Waals surface area contributed by atoms with Gasteiger partial charge in [0.15, 0.2) is 5.84 Å². The van der Waals surface area contributed by atoms with Crippen LogP contribution in [0.2, 0.25) is 0 Å². The number of piperidine rings is 1. The molecule has 0 saturated carbocycles. The zero-order chi connectivity index (χ0) is 18.9. The predicted octanol–water partition coefficient (Wildman–Crippen LogP) is 2.33. The second kappa shape index (κ2) is 7.60. The van der Waals surface area contributed by atoms with Gasteiger partial charge < -0.3 is 19.1 Å². The van der Waals surface area contributed by atoms with Crippen LogP contribution in [0.1, 0.15) is 22.5 Å². The molecule has 3 aliphatic rings. The number of piperazine rings is 1. The van der Waals surface area contributed by atoms with Gasteiger partial charge in [0, 0.05) is 51.1 Å². The van der Waals surface area contributed by atoms with Gasteiger partial charge in [0.25, 0.3) is 5.91 Å². The average Bonchev–Trinajstić information content (AvgIpc) is 3.49. The van der Waals surface area contributed by atoms with Gasteiger partial charge >= 0.3 is 0 Å². The molecule has 0 radical (unpaired) electrons. The molecule has 0 N–H and O–H groups in total. The standard InChI is InChI=1S/C20H24N4O3S/c25-20(15-4-11-28-14-15)24-8-6-23(7-9-24)19-17-13-22(5-3-18(17)27-21-19)12-16-2-1-10-26-16/h1-2,4,10-11,14,17-18H,3,5-9,12-13H2/t17-,18+/m1/s1. The Hall–Kier alpha value is -2.32. The van der Waals surface area contributed by atoms with E-state index in [0.29, 0.717) is 5.92 Å². The van der Waals surface area contributed by atoms with Crippen molar-refractivity contribution in [3.63, 3.8) is 0 Å². The Bertz CT molecular complexity index is 828. The van der Waals surface area contributed by atoms with E-state index in [4.69, 9.17) is 9.25 Å². The predicted molar refractivity (Wildman–Crippen MR) is 106 cm³/mol. The van der Waals surface area contributed by atoms with E-state index < -0.39 is 0 Å². The average molecular weight is 401 g/mol. The molecule has 1 amide bonds. The molecule has 0 bridgehead atoms. The summed E-state index contributed by atoms with van der Waals surface area (Å²) in [5.74, 6) is 2.47. The van der Waals surface area contributed by atoms with E-state index in [0.717, 1.165) is 69.4 Å². The van der Waals surface area contributed by atoms with Crippen LogP contribution in [-0.4, -0.2) is 71.8 Å². The van der Waals surface area contributed by atoms with Gasteiger partial charge in [-0.25, -0.2) is 0 Å². The first kappa shape index (κ1) is 17.8. The SMILES string of the molecule is O=C(c1ccsc1)N1CCN(C2=NO[C@H]3CCN(Cc4ccco4)C[C@@H]23)CC1. The number of oxime groups is 1. The molecule has 8 heteroatoms. The lowest BCUT2D eigenvalue weighted by Crippen LogP contribution is -2.54. The number of carbonyl (C=O) groups excluding carboxylic acids is 1. The summed E-state index contributed by atoms with van der Waals surface area (Å²) in [6.45, 7) is 5.81. The summed E-state index contributed by atoms with van der Waals surface area (Å²) in [6, 6.07) is 5.86. The lowest BCUT2D eigenvalue weighted by atomic mass is 9.93. The Morgan fingerprint density at radius 1 is 1.21 bits per heavy atom. The van der Waals surface area contributed by atoms with Crippen molar-refractivity contribution < 1.29 is 14.0 Å². The van der Waals surface area contributed by atoms with Crippen molar-refractivity contribution in [3.8, 4) is 0 Å². The molecule has 5 heterocycles. The molecule has 0 spiro atoms. The maximum Gasteiger partial charge on any atom is 0.254 e. The topological polar surface area (TPSA) is 61.5 Å². The summed E-state index contributed by atoms with van der Waals surface area (Å²) in [4.78, 5) is 25.0. The van der Waals surface area contributed by atoms with E-state index in [-0.39, 0.29) is 12.0 Å². The van der Waals surface area contributed by atoms with E-state index in [1.165, 1.54) is 0 Å². The van der Waals surface area contributed by atoms with Crippen LogP contribution in [0.3, 0.4) is 0 Å². The second-order valence-electron chi connectivity index (χ2n) is 7.59. The fourth-order valence-corrected chi connectivity index (χ4v) is 4.96. The fourth-order valence-electron chi connectivity index (χ4n) is 4.33. The van der Waals surface area contributed by atoms with Gasteiger partial charge in [-0.1, -0.05) is 5.16 Å². The number of nitrogens with zero attached hydrogens (tertiary/aromatic N) is 4. The summed E-state index contributed by atoms with van der Waals surface area (Å²) in [6.07, 6.45) is 2.88. The Morgan fingerprint density at radius 2 is 2.11 bits per heavy atom. The highest BCUT2D eigenvalue weighted by atomic mass is 32.1. The zero-order valence-corrected chi connectivity index (χ0v) is 16.5. The maximum absolute atomic E-state index is 12.6. The molecule has 0 aliphatic carbocycles. The molecule has 3 aliphatic heterocycles. The second-order valence-corrected chi connectivity index (χ2v) is 8.37. The van der Waals surface area contributed by atoms with Crippen molar-refractivity contribution in [1.29, 1.82) is 0 Å². The molecule has 2 fully saturated rings. The van der Waals surface area contributed by atoms with Gasteiger partial charge in [-0.05, 0) is 23.6 Å². The first-order valence-electron chi connectivity index (χ1n) is 9.83. The fraction of sp³-hybridized carbons (Fsp3) is 0.500. The summed E-state index contributed by atoms with van der Waals surface area (Å²) in [5.41, 5.74) is 0.793. The molecule has 148 valence electrons. The number of amidine groups is 1. The van der Waals surface area contributed by atoms with Crippen molar-refractivity contribution in [2.45, 2.75) is 19.1 Å². The van der Waals surface area contributed by atoms with Crippen molar-refractivity contribution in [1.82, 2.24) is 14.7 Å². The van der Waals surface area contributed by atoms with Crippen LogP contribution in [0.4, 0.5) is 0 Å². The first-order chi connectivity index (χ1) is 13.8. The normalized spacial score (nSPS) is 25.4. The van der Waals surface area contributed by atoms with Crippen LogP contribution in [0, 0.1) is 5.92 Å². The molecule has 7 nitrogen and oxygen atoms in total. The molecule has 2 aromatic rings. The van der Waals surface area contributed by atoms with E-state index in [9.17, 15) is 4.79 Å². The molecule has 2 saturated heterocycles. The summed E-state index contributed by atoms with van der Waals surface area (Å²) < 4.78 is 5.51. The molecule has 0 unspecified atom stereocenters. The van der Waals surface area contributed by atoms with Gasteiger partial charge in [0.2, 0.25) is 0 Å². The van der Waals surface area contributed by atoms with Gasteiger partial charge in [0.05, 0.1) is 24.3 Å². The van der Waals surface area contributed by atoms with Crippen LogP contribution in [0.15, 0.2) is 44.8 Å². The number of rotatable bonds is 3. The minimum absolute atomic E-state index is 0.130. The number of likely N-dealkylation sites (tertiary alicyclic amines) is 1. The Morgan fingerprint density at radius 3 is 2.86 bits per heavy atom. The Labute approximate surface area is 168 Å². The number of fused-ring (bicyclic) bond motifs is 1. The summed E-state index contributed by atoms with van der Waals surface area (Å²) in [7, 11) is 0.